The van der Waals surface area contributed by atoms with Crippen LogP contribution in [-0.4, -0.2) is 16.0 Å². The maximum atomic E-state index is 5.84. The smallest absolute Gasteiger partial charge is 0.276 e. The van der Waals surface area contributed by atoms with E-state index in [4.69, 9.17) is 10.2 Å². The molecule has 5 heteroatoms. The summed E-state index contributed by atoms with van der Waals surface area (Å²) < 4.78 is 5.36. The monoisotopic (exact) mass is 201 g/mol. The Morgan fingerprint density at radius 1 is 1.46 bits per heavy atom. The fourth-order valence-corrected chi connectivity index (χ4v) is 1.31. The minimum atomic E-state index is -0.154. The van der Waals surface area contributed by atoms with Gasteiger partial charge < -0.3 is 10.2 Å². The molecule has 0 aliphatic heterocycles. The Kier molecular flexibility index (Phi) is 3.74. The molecular formula is C8H15N3OS. The Labute approximate surface area is 82.3 Å². The van der Waals surface area contributed by atoms with Gasteiger partial charge >= 0.3 is 0 Å². The largest absolute Gasteiger partial charge is 0.414 e. The second-order valence-corrected chi connectivity index (χ2v) is 4.32. The number of rotatable bonds is 4. The van der Waals surface area contributed by atoms with Crippen LogP contribution in [0.3, 0.4) is 0 Å². The van der Waals surface area contributed by atoms with Crippen molar-refractivity contribution in [1.82, 2.24) is 10.2 Å². The number of hydrogen-bond donors (Lipinski definition) is 1. The third kappa shape index (κ3) is 2.70. The lowest BCUT2D eigenvalue weighted by molar-refractivity contribution is 0.349. The Hall–Kier alpha value is -0.550. The van der Waals surface area contributed by atoms with Crippen LogP contribution in [0.1, 0.15) is 32.7 Å². The summed E-state index contributed by atoms with van der Waals surface area (Å²) in [4.78, 5) is 0. The summed E-state index contributed by atoms with van der Waals surface area (Å²) >= 11 is 1.53. The molecule has 0 unspecified atom stereocenters. The number of aromatic nitrogens is 2. The summed E-state index contributed by atoms with van der Waals surface area (Å²) in [7, 11) is 0. The summed E-state index contributed by atoms with van der Waals surface area (Å²) in [6.45, 7) is 6.10. The van der Waals surface area contributed by atoms with Gasteiger partial charge in [-0.2, -0.15) is 0 Å². The first-order valence-corrected chi connectivity index (χ1v) is 5.35. The summed E-state index contributed by atoms with van der Waals surface area (Å²) in [5, 5.41) is 8.37. The van der Waals surface area contributed by atoms with Crippen LogP contribution in [0.25, 0.3) is 0 Å². The van der Waals surface area contributed by atoms with Gasteiger partial charge in [-0.1, -0.05) is 32.5 Å². The molecule has 0 aliphatic carbocycles. The zero-order chi connectivity index (χ0) is 9.84. The van der Waals surface area contributed by atoms with Gasteiger partial charge in [0.15, 0.2) is 0 Å². The van der Waals surface area contributed by atoms with Crippen LogP contribution in [0.5, 0.6) is 0 Å². The number of nitrogens with two attached hydrogens (primary N) is 1. The van der Waals surface area contributed by atoms with Crippen molar-refractivity contribution in [2.75, 3.05) is 5.75 Å². The quantitative estimate of drug-likeness (QED) is 0.753. The third-order valence-corrected chi connectivity index (χ3v) is 2.39. The van der Waals surface area contributed by atoms with Crippen LogP contribution in [0.15, 0.2) is 9.64 Å². The van der Waals surface area contributed by atoms with Gasteiger partial charge in [-0.05, 0) is 11.7 Å². The van der Waals surface area contributed by atoms with Crippen molar-refractivity contribution < 1.29 is 4.42 Å². The van der Waals surface area contributed by atoms with E-state index in [1.807, 2.05) is 20.8 Å². The van der Waals surface area contributed by atoms with Crippen molar-refractivity contribution in [2.45, 2.75) is 32.0 Å². The van der Waals surface area contributed by atoms with Crippen molar-refractivity contribution in [3.63, 3.8) is 0 Å². The van der Waals surface area contributed by atoms with Crippen LogP contribution in [-0.2, 0) is 0 Å². The minimum Gasteiger partial charge on any atom is -0.414 e. The lowest BCUT2D eigenvalue weighted by Crippen LogP contribution is -2.16. The van der Waals surface area contributed by atoms with E-state index in [-0.39, 0.29) is 6.04 Å². The minimum absolute atomic E-state index is 0.154. The van der Waals surface area contributed by atoms with Crippen LogP contribution < -0.4 is 5.73 Å². The molecule has 1 rings (SSSR count). The maximum absolute atomic E-state index is 5.84. The Bertz CT molecular complexity index is 262. The number of nitrogens with zero attached hydrogens (tertiary/aromatic N) is 2. The van der Waals surface area contributed by atoms with E-state index in [2.05, 4.69) is 10.2 Å². The van der Waals surface area contributed by atoms with Crippen molar-refractivity contribution in [3.05, 3.63) is 5.89 Å². The van der Waals surface area contributed by atoms with E-state index in [0.717, 1.165) is 5.75 Å². The summed E-state index contributed by atoms with van der Waals surface area (Å²) in [5.41, 5.74) is 5.84. The fraction of sp³-hybridized carbons (Fsp3) is 0.750. The maximum Gasteiger partial charge on any atom is 0.276 e. The van der Waals surface area contributed by atoms with E-state index < -0.39 is 0 Å². The molecule has 0 spiro atoms. The van der Waals surface area contributed by atoms with Gasteiger partial charge in [0.2, 0.25) is 5.89 Å². The molecule has 0 bridgehead atoms. The molecule has 1 heterocycles. The topological polar surface area (TPSA) is 64.9 Å². The van der Waals surface area contributed by atoms with Crippen LogP contribution in [0.2, 0.25) is 0 Å². The molecule has 1 aromatic heterocycles. The first-order valence-electron chi connectivity index (χ1n) is 4.37. The van der Waals surface area contributed by atoms with Crippen molar-refractivity contribution in [2.24, 2.45) is 11.7 Å². The molecule has 74 valence electrons. The van der Waals surface area contributed by atoms with Gasteiger partial charge in [0.25, 0.3) is 5.22 Å². The lowest BCUT2D eigenvalue weighted by Gasteiger charge is -2.09. The van der Waals surface area contributed by atoms with E-state index >= 15 is 0 Å². The molecule has 13 heavy (non-hydrogen) atoms. The molecule has 0 amide bonds. The summed E-state index contributed by atoms with van der Waals surface area (Å²) in [6, 6.07) is -0.154. The highest BCUT2D eigenvalue weighted by atomic mass is 32.2. The third-order valence-electron chi connectivity index (χ3n) is 1.69. The normalized spacial score (nSPS) is 13.6. The van der Waals surface area contributed by atoms with E-state index in [1.54, 1.807) is 0 Å². The zero-order valence-electron chi connectivity index (χ0n) is 8.15. The highest BCUT2D eigenvalue weighted by Crippen LogP contribution is 2.21. The Morgan fingerprint density at radius 3 is 2.69 bits per heavy atom. The van der Waals surface area contributed by atoms with Crippen molar-refractivity contribution in [1.29, 1.82) is 0 Å². The highest BCUT2D eigenvalue weighted by Gasteiger charge is 2.17. The summed E-state index contributed by atoms with van der Waals surface area (Å²) in [6.07, 6.45) is 0. The van der Waals surface area contributed by atoms with Crippen LogP contribution in [0, 0.1) is 5.92 Å². The van der Waals surface area contributed by atoms with Gasteiger partial charge in [-0.25, -0.2) is 0 Å². The molecule has 0 fully saturated rings. The van der Waals surface area contributed by atoms with E-state index in [0.29, 0.717) is 17.0 Å². The molecule has 0 aromatic carbocycles. The van der Waals surface area contributed by atoms with Crippen molar-refractivity contribution in [3.8, 4) is 0 Å². The Balaban J connectivity index is 2.67. The number of thioether (sulfide) groups is 1. The molecule has 0 saturated heterocycles. The standard InChI is InChI=1S/C8H15N3OS/c1-4-13-8-11-10-7(12-8)6(9)5(2)3/h5-6H,4,9H2,1-3H3/t6-/m1/s1. The van der Waals surface area contributed by atoms with Crippen molar-refractivity contribution >= 4 is 11.8 Å². The second kappa shape index (κ2) is 4.62. The predicted octanol–water partition coefficient (Wildman–Crippen LogP) is 1.84. The van der Waals surface area contributed by atoms with Gasteiger partial charge in [0.1, 0.15) is 0 Å². The molecule has 1 atom stereocenters. The average molecular weight is 201 g/mol. The van der Waals surface area contributed by atoms with Gasteiger partial charge in [-0.15, -0.1) is 10.2 Å². The molecular weight excluding hydrogens is 186 g/mol. The van der Waals surface area contributed by atoms with Crippen LogP contribution in [0.4, 0.5) is 0 Å². The molecule has 0 aliphatic rings. The second-order valence-electron chi connectivity index (χ2n) is 3.11. The SMILES string of the molecule is CCSc1nnc([C@H](N)C(C)C)o1. The molecule has 0 radical (unpaired) electrons. The first kappa shape index (κ1) is 10.5. The molecule has 0 saturated carbocycles. The number of hydrogen-bond acceptors (Lipinski definition) is 5. The summed E-state index contributed by atoms with van der Waals surface area (Å²) in [5.74, 6) is 1.78. The van der Waals surface area contributed by atoms with Gasteiger partial charge in [0, 0.05) is 0 Å². The average Bonchev–Trinajstić information content (AvgIpc) is 2.52. The van der Waals surface area contributed by atoms with E-state index in [1.165, 1.54) is 11.8 Å². The lowest BCUT2D eigenvalue weighted by atomic mass is 10.1. The Morgan fingerprint density at radius 2 is 2.15 bits per heavy atom. The predicted molar refractivity (Wildman–Crippen MR) is 52.5 cm³/mol. The molecule has 4 nitrogen and oxygen atoms in total. The van der Waals surface area contributed by atoms with Gasteiger partial charge in [0.05, 0.1) is 6.04 Å². The van der Waals surface area contributed by atoms with Crippen LogP contribution >= 0.6 is 11.8 Å². The van der Waals surface area contributed by atoms with E-state index in [9.17, 15) is 0 Å². The first-order chi connectivity index (χ1) is 6.15. The fourth-order valence-electron chi connectivity index (χ4n) is 0.822. The highest BCUT2D eigenvalue weighted by molar-refractivity contribution is 7.99. The molecule has 2 N–H and O–H groups in total. The van der Waals surface area contributed by atoms with Gasteiger partial charge in [-0.3, -0.25) is 0 Å². The molecule has 1 aromatic rings. The zero-order valence-corrected chi connectivity index (χ0v) is 8.97.